The number of piperazine rings is 1. The molecule has 0 radical (unpaired) electrons. The van der Waals surface area contributed by atoms with E-state index in [4.69, 9.17) is 25.8 Å². The van der Waals surface area contributed by atoms with Crippen LogP contribution >= 0.6 is 11.6 Å². The highest BCUT2D eigenvalue weighted by atomic mass is 35.5. The Morgan fingerprint density at radius 2 is 1.67 bits per heavy atom. The van der Waals surface area contributed by atoms with Crippen molar-refractivity contribution in [3.8, 4) is 17.2 Å². The quantitative estimate of drug-likeness (QED) is 0.647. The van der Waals surface area contributed by atoms with Gasteiger partial charge in [-0.3, -0.25) is 4.79 Å². The maximum atomic E-state index is 12.7. The lowest BCUT2D eigenvalue weighted by molar-refractivity contribution is -0.126. The van der Waals surface area contributed by atoms with E-state index >= 15 is 0 Å². The molecule has 1 fully saturated rings. The highest BCUT2D eigenvalue weighted by Gasteiger charge is 2.21. The number of aryl methyl sites for hydroxylation is 1. The number of carbonyl (C=O) groups excluding carboxylic acids is 1. The number of halogens is 1. The molecule has 1 aliphatic heterocycles. The van der Waals surface area contributed by atoms with Crippen molar-refractivity contribution >= 4 is 29.3 Å². The van der Waals surface area contributed by atoms with Gasteiger partial charge < -0.3 is 24.0 Å². The van der Waals surface area contributed by atoms with Crippen LogP contribution in [0.2, 0.25) is 5.02 Å². The first kappa shape index (κ1) is 21.8. The van der Waals surface area contributed by atoms with Crippen molar-refractivity contribution in [2.45, 2.75) is 6.92 Å². The standard InChI is InChI=1S/C23H27ClN2O4/c1-16-5-8-18(24)15-19(16)25-11-13-26(14-12-25)21(27)10-7-17-6-9-20(28-2)23(30-4)22(17)29-3/h5-10,15H,11-14H2,1-4H3/b10-7+. The van der Waals surface area contributed by atoms with Crippen LogP contribution in [-0.4, -0.2) is 58.3 Å². The van der Waals surface area contributed by atoms with Crippen molar-refractivity contribution in [2.75, 3.05) is 52.4 Å². The molecule has 0 bridgehead atoms. The summed E-state index contributed by atoms with van der Waals surface area (Å²) in [5, 5.41) is 0.723. The number of nitrogens with zero attached hydrogens (tertiary/aromatic N) is 2. The Kier molecular flexibility index (Phi) is 7.11. The van der Waals surface area contributed by atoms with E-state index in [1.54, 1.807) is 39.5 Å². The maximum absolute atomic E-state index is 12.7. The normalized spacial score (nSPS) is 14.2. The summed E-state index contributed by atoms with van der Waals surface area (Å²) < 4.78 is 16.2. The molecule has 0 spiro atoms. The Labute approximate surface area is 182 Å². The Bertz CT molecular complexity index is 937. The van der Waals surface area contributed by atoms with Gasteiger partial charge in [0.2, 0.25) is 11.7 Å². The first-order valence-corrected chi connectivity index (χ1v) is 10.1. The predicted molar refractivity (Wildman–Crippen MR) is 120 cm³/mol. The first-order chi connectivity index (χ1) is 14.5. The van der Waals surface area contributed by atoms with Gasteiger partial charge in [-0.25, -0.2) is 0 Å². The fourth-order valence-electron chi connectivity index (χ4n) is 3.61. The minimum atomic E-state index is -0.0331. The average molecular weight is 431 g/mol. The number of benzene rings is 2. The zero-order valence-electron chi connectivity index (χ0n) is 17.8. The number of ether oxygens (including phenoxy) is 3. The minimum Gasteiger partial charge on any atom is -0.493 e. The average Bonchev–Trinajstić information content (AvgIpc) is 2.78. The molecule has 0 atom stereocenters. The monoisotopic (exact) mass is 430 g/mol. The van der Waals surface area contributed by atoms with Crippen molar-refractivity contribution in [1.29, 1.82) is 0 Å². The third-order valence-electron chi connectivity index (χ3n) is 5.24. The summed E-state index contributed by atoms with van der Waals surface area (Å²) in [7, 11) is 4.69. The molecule has 0 unspecified atom stereocenters. The van der Waals surface area contributed by atoms with Gasteiger partial charge in [-0.05, 0) is 42.8 Å². The van der Waals surface area contributed by atoms with E-state index in [-0.39, 0.29) is 5.91 Å². The highest BCUT2D eigenvalue weighted by molar-refractivity contribution is 6.30. The molecule has 2 aromatic rings. The van der Waals surface area contributed by atoms with Gasteiger partial charge in [-0.1, -0.05) is 17.7 Å². The molecule has 0 N–H and O–H groups in total. The van der Waals surface area contributed by atoms with Crippen LogP contribution in [0.5, 0.6) is 17.2 Å². The largest absolute Gasteiger partial charge is 0.493 e. The van der Waals surface area contributed by atoms with Crippen LogP contribution in [0.15, 0.2) is 36.4 Å². The van der Waals surface area contributed by atoms with Gasteiger partial charge in [0, 0.05) is 48.5 Å². The van der Waals surface area contributed by atoms with Crippen molar-refractivity contribution in [3.63, 3.8) is 0 Å². The predicted octanol–water partition coefficient (Wildman–Crippen LogP) is 4.04. The number of anilines is 1. The molecular weight excluding hydrogens is 404 g/mol. The molecule has 160 valence electrons. The Morgan fingerprint density at radius 3 is 2.30 bits per heavy atom. The molecule has 1 heterocycles. The van der Waals surface area contributed by atoms with E-state index in [0.717, 1.165) is 29.4 Å². The van der Waals surface area contributed by atoms with E-state index in [1.165, 1.54) is 5.56 Å². The fourth-order valence-corrected chi connectivity index (χ4v) is 3.78. The van der Waals surface area contributed by atoms with Crippen molar-refractivity contribution < 1.29 is 19.0 Å². The molecule has 0 aromatic heterocycles. The van der Waals surface area contributed by atoms with Gasteiger partial charge in [0.15, 0.2) is 11.5 Å². The molecule has 1 amide bonds. The summed E-state index contributed by atoms with van der Waals surface area (Å²) in [6, 6.07) is 9.53. The van der Waals surface area contributed by atoms with Gasteiger partial charge in [-0.15, -0.1) is 0 Å². The summed E-state index contributed by atoms with van der Waals surface area (Å²) in [6.07, 6.45) is 3.32. The second kappa shape index (κ2) is 9.76. The molecule has 0 saturated carbocycles. The molecule has 0 aliphatic carbocycles. The van der Waals surface area contributed by atoms with Crippen molar-refractivity contribution in [1.82, 2.24) is 4.90 Å². The van der Waals surface area contributed by atoms with Crippen LogP contribution in [0.4, 0.5) is 5.69 Å². The van der Waals surface area contributed by atoms with E-state index in [1.807, 2.05) is 29.2 Å². The number of methoxy groups -OCH3 is 3. The summed E-state index contributed by atoms with van der Waals surface area (Å²) >= 11 is 6.15. The third kappa shape index (κ3) is 4.65. The van der Waals surface area contributed by atoms with Gasteiger partial charge in [0.05, 0.1) is 21.3 Å². The summed E-state index contributed by atoms with van der Waals surface area (Å²) in [5.74, 6) is 1.57. The summed E-state index contributed by atoms with van der Waals surface area (Å²) in [6.45, 7) is 4.90. The van der Waals surface area contributed by atoms with Crippen LogP contribution in [0.3, 0.4) is 0 Å². The lowest BCUT2D eigenvalue weighted by atomic mass is 10.1. The molecule has 1 aliphatic rings. The first-order valence-electron chi connectivity index (χ1n) is 9.75. The lowest BCUT2D eigenvalue weighted by Gasteiger charge is -2.36. The van der Waals surface area contributed by atoms with Crippen LogP contribution in [0.1, 0.15) is 11.1 Å². The van der Waals surface area contributed by atoms with Crippen molar-refractivity contribution in [2.24, 2.45) is 0 Å². The number of rotatable bonds is 6. The van der Waals surface area contributed by atoms with E-state index in [9.17, 15) is 4.79 Å². The number of carbonyl (C=O) groups is 1. The van der Waals surface area contributed by atoms with Crippen LogP contribution in [0, 0.1) is 6.92 Å². The molecular formula is C23H27ClN2O4. The topological polar surface area (TPSA) is 51.2 Å². The van der Waals surface area contributed by atoms with Crippen LogP contribution in [0.25, 0.3) is 6.08 Å². The maximum Gasteiger partial charge on any atom is 0.246 e. The molecule has 2 aromatic carbocycles. The third-order valence-corrected chi connectivity index (χ3v) is 5.48. The minimum absolute atomic E-state index is 0.0331. The molecule has 3 rings (SSSR count). The smallest absolute Gasteiger partial charge is 0.246 e. The van der Waals surface area contributed by atoms with Crippen LogP contribution < -0.4 is 19.1 Å². The van der Waals surface area contributed by atoms with E-state index in [0.29, 0.717) is 30.3 Å². The van der Waals surface area contributed by atoms with Gasteiger partial charge in [0.25, 0.3) is 0 Å². The van der Waals surface area contributed by atoms with Gasteiger partial charge in [0.1, 0.15) is 0 Å². The molecule has 6 nitrogen and oxygen atoms in total. The molecule has 7 heteroatoms. The molecule has 30 heavy (non-hydrogen) atoms. The number of amides is 1. The Balaban J connectivity index is 1.68. The molecule has 1 saturated heterocycles. The lowest BCUT2D eigenvalue weighted by Crippen LogP contribution is -2.48. The number of hydrogen-bond acceptors (Lipinski definition) is 5. The van der Waals surface area contributed by atoms with Crippen LogP contribution in [-0.2, 0) is 4.79 Å². The second-order valence-electron chi connectivity index (χ2n) is 7.00. The van der Waals surface area contributed by atoms with Crippen molar-refractivity contribution in [3.05, 3.63) is 52.6 Å². The summed E-state index contributed by atoms with van der Waals surface area (Å²) in [5.41, 5.74) is 3.05. The fraction of sp³-hybridized carbons (Fsp3) is 0.348. The van der Waals surface area contributed by atoms with E-state index < -0.39 is 0 Å². The SMILES string of the molecule is COc1ccc(/C=C/C(=O)N2CCN(c3cc(Cl)ccc3C)CC2)c(OC)c1OC. The summed E-state index contributed by atoms with van der Waals surface area (Å²) in [4.78, 5) is 16.8. The zero-order chi connectivity index (χ0) is 21.7. The second-order valence-corrected chi connectivity index (χ2v) is 7.44. The van der Waals surface area contributed by atoms with Gasteiger partial charge >= 0.3 is 0 Å². The Morgan fingerprint density at radius 1 is 0.967 bits per heavy atom. The van der Waals surface area contributed by atoms with E-state index in [2.05, 4.69) is 11.8 Å². The Hall–Kier alpha value is -2.86. The zero-order valence-corrected chi connectivity index (χ0v) is 18.5. The number of hydrogen-bond donors (Lipinski definition) is 0. The highest BCUT2D eigenvalue weighted by Crippen LogP contribution is 2.40. The van der Waals surface area contributed by atoms with Gasteiger partial charge in [-0.2, -0.15) is 0 Å².